The van der Waals surface area contributed by atoms with Crippen LogP contribution in [0.4, 0.5) is 0 Å². The molecule has 0 bridgehead atoms. The zero-order valence-corrected chi connectivity index (χ0v) is 7.18. The van der Waals surface area contributed by atoms with Crippen LogP contribution in [0.5, 0.6) is 0 Å². The molecule has 0 aromatic heterocycles. The number of rotatable bonds is 6. The molecule has 1 atom stereocenters. The van der Waals surface area contributed by atoms with E-state index in [1.54, 1.807) is 0 Å². The van der Waals surface area contributed by atoms with E-state index in [1.165, 1.54) is 0 Å². The second kappa shape index (κ2) is 6.16. The van der Waals surface area contributed by atoms with Crippen molar-refractivity contribution in [1.82, 2.24) is 0 Å². The van der Waals surface area contributed by atoms with Gasteiger partial charge in [0.25, 0.3) is 0 Å². The van der Waals surface area contributed by atoms with Gasteiger partial charge in [0.1, 0.15) is 0 Å². The minimum absolute atomic E-state index is 0.0000463. The second-order valence-corrected chi connectivity index (χ2v) is 2.82. The molecule has 3 nitrogen and oxygen atoms in total. The number of unbranched alkanes of at least 4 members (excludes halogenated alkanes) is 1. The van der Waals surface area contributed by atoms with Crippen LogP contribution in [0.2, 0.25) is 0 Å². The minimum Gasteiger partial charge on any atom is -0.369 e. The number of carbonyl (C=O) groups is 1. The maximum Gasteiger partial charge on any atom is 0.220 e. The summed E-state index contributed by atoms with van der Waals surface area (Å²) in [6.07, 6.45) is 3.79. The summed E-state index contributed by atoms with van der Waals surface area (Å²) in [6.45, 7) is 2.65. The van der Waals surface area contributed by atoms with Gasteiger partial charge < -0.3 is 11.5 Å². The zero-order valence-electron chi connectivity index (χ0n) is 7.18. The molecule has 0 aliphatic heterocycles. The molecule has 11 heavy (non-hydrogen) atoms. The molecule has 0 aliphatic rings. The van der Waals surface area contributed by atoms with Crippen molar-refractivity contribution in [1.29, 1.82) is 0 Å². The van der Waals surface area contributed by atoms with Gasteiger partial charge in [0.2, 0.25) is 5.91 Å². The maximum absolute atomic E-state index is 10.8. The largest absolute Gasteiger partial charge is 0.369 e. The first-order valence-corrected chi connectivity index (χ1v) is 4.21. The van der Waals surface area contributed by atoms with Crippen LogP contribution in [0, 0.1) is 5.92 Å². The van der Waals surface area contributed by atoms with E-state index in [2.05, 4.69) is 6.92 Å². The summed E-state index contributed by atoms with van der Waals surface area (Å²) >= 11 is 0. The Morgan fingerprint density at radius 1 is 1.45 bits per heavy atom. The minimum atomic E-state index is -0.205. The molecule has 0 aromatic rings. The SMILES string of the molecule is CCCCC(CCN)C(N)=O. The number of hydrogen-bond donors (Lipinski definition) is 2. The van der Waals surface area contributed by atoms with E-state index < -0.39 is 0 Å². The molecular weight excluding hydrogens is 140 g/mol. The smallest absolute Gasteiger partial charge is 0.220 e. The van der Waals surface area contributed by atoms with Gasteiger partial charge in [-0.3, -0.25) is 4.79 Å². The van der Waals surface area contributed by atoms with Gasteiger partial charge in [-0.15, -0.1) is 0 Å². The first kappa shape index (κ1) is 10.4. The Hall–Kier alpha value is -0.570. The molecule has 0 aromatic carbocycles. The zero-order chi connectivity index (χ0) is 8.69. The van der Waals surface area contributed by atoms with Crippen molar-refractivity contribution in [2.24, 2.45) is 17.4 Å². The van der Waals surface area contributed by atoms with Gasteiger partial charge in [-0.25, -0.2) is 0 Å². The molecule has 0 spiro atoms. The molecule has 66 valence electrons. The van der Waals surface area contributed by atoms with Gasteiger partial charge in [0, 0.05) is 5.92 Å². The van der Waals surface area contributed by atoms with Crippen LogP contribution in [0.15, 0.2) is 0 Å². The third-order valence-electron chi connectivity index (χ3n) is 1.82. The van der Waals surface area contributed by atoms with Crippen LogP contribution in [-0.4, -0.2) is 12.5 Å². The van der Waals surface area contributed by atoms with E-state index in [-0.39, 0.29) is 11.8 Å². The van der Waals surface area contributed by atoms with Crippen LogP contribution < -0.4 is 11.5 Å². The summed E-state index contributed by atoms with van der Waals surface area (Å²) in [7, 11) is 0. The highest BCUT2D eigenvalue weighted by atomic mass is 16.1. The lowest BCUT2D eigenvalue weighted by Gasteiger charge is -2.10. The van der Waals surface area contributed by atoms with E-state index in [9.17, 15) is 4.79 Å². The predicted molar refractivity (Wildman–Crippen MR) is 45.9 cm³/mol. The molecule has 0 saturated carbocycles. The third-order valence-corrected chi connectivity index (χ3v) is 1.82. The normalized spacial score (nSPS) is 12.9. The summed E-state index contributed by atoms with van der Waals surface area (Å²) in [5, 5.41) is 0. The van der Waals surface area contributed by atoms with Crippen molar-refractivity contribution in [3.05, 3.63) is 0 Å². The molecule has 0 aliphatic carbocycles. The molecule has 3 heteroatoms. The summed E-state index contributed by atoms with van der Waals surface area (Å²) in [4.78, 5) is 10.8. The summed E-state index contributed by atoms with van der Waals surface area (Å²) in [6, 6.07) is 0. The van der Waals surface area contributed by atoms with E-state index in [0.29, 0.717) is 6.54 Å². The Labute approximate surface area is 68.1 Å². The number of nitrogens with two attached hydrogens (primary N) is 2. The maximum atomic E-state index is 10.8. The Morgan fingerprint density at radius 3 is 2.45 bits per heavy atom. The van der Waals surface area contributed by atoms with Crippen molar-refractivity contribution in [2.45, 2.75) is 32.6 Å². The first-order chi connectivity index (χ1) is 5.22. The van der Waals surface area contributed by atoms with Gasteiger partial charge in [-0.05, 0) is 19.4 Å². The molecular formula is C8H18N2O. The fourth-order valence-corrected chi connectivity index (χ4v) is 1.08. The summed E-state index contributed by atoms with van der Waals surface area (Å²) in [5.41, 5.74) is 10.5. The highest BCUT2D eigenvalue weighted by Crippen LogP contribution is 2.10. The van der Waals surface area contributed by atoms with E-state index in [4.69, 9.17) is 11.5 Å². The number of hydrogen-bond acceptors (Lipinski definition) is 2. The van der Waals surface area contributed by atoms with Crippen molar-refractivity contribution in [2.75, 3.05) is 6.54 Å². The molecule has 0 radical (unpaired) electrons. The molecule has 0 heterocycles. The Morgan fingerprint density at radius 2 is 2.09 bits per heavy atom. The topological polar surface area (TPSA) is 69.1 Å². The van der Waals surface area contributed by atoms with Crippen LogP contribution in [0.25, 0.3) is 0 Å². The average Bonchev–Trinajstić information content (AvgIpc) is 1.97. The highest BCUT2D eigenvalue weighted by Gasteiger charge is 2.12. The number of primary amides is 1. The molecule has 0 saturated heterocycles. The lowest BCUT2D eigenvalue weighted by atomic mass is 9.98. The fourth-order valence-electron chi connectivity index (χ4n) is 1.08. The fraction of sp³-hybridized carbons (Fsp3) is 0.875. The Balaban J connectivity index is 3.60. The average molecular weight is 158 g/mol. The summed E-state index contributed by atoms with van der Waals surface area (Å²) < 4.78 is 0. The molecule has 0 rings (SSSR count). The van der Waals surface area contributed by atoms with Crippen LogP contribution in [-0.2, 0) is 4.79 Å². The monoisotopic (exact) mass is 158 g/mol. The van der Waals surface area contributed by atoms with Crippen molar-refractivity contribution in [3.8, 4) is 0 Å². The van der Waals surface area contributed by atoms with Gasteiger partial charge in [-0.1, -0.05) is 19.8 Å². The van der Waals surface area contributed by atoms with Crippen LogP contribution in [0.1, 0.15) is 32.6 Å². The van der Waals surface area contributed by atoms with Crippen molar-refractivity contribution < 1.29 is 4.79 Å². The van der Waals surface area contributed by atoms with Crippen molar-refractivity contribution in [3.63, 3.8) is 0 Å². The second-order valence-electron chi connectivity index (χ2n) is 2.82. The summed E-state index contributed by atoms with van der Waals surface area (Å²) in [5.74, 6) is -0.205. The molecule has 0 fully saturated rings. The Kier molecular flexibility index (Phi) is 5.84. The van der Waals surface area contributed by atoms with Crippen LogP contribution >= 0.6 is 0 Å². The lowest BCUT2D eigenvalue weighted by Crippen LogP contribution is -2.25. The number of amides is 1. The molecule has 1 unspecified atom stereocenters. The standard InChI is InChI=1S/C8H18N2O/c1-2-3-4-7(5-6-9)8(10)11/h7H,2-6,9H2,1H3,(H2,10,11). The first-order valence-electron chi connectivity index (χ1n) is 4.21. The lowest BCUT2D eigenvalue weighted by molar-refractivity contribution is -0.122. The highest BCUT2D eigenvalue weighted by molar-refractivity contribution is 5.76. The molecule has 1 amide bonds. The van der Waals surface area contributed by atoms with Gasteiger partial charge in [-0.2, -0.15) is 0 Å². The number of carbonyl (C=O) groups excluding carboxylic acids is 1. The predicted octanol–water partition coefficient (Wildman–Crippen LogP) is 0.627. The van der Waals surface area contributed by atoms with Gasteiger partial charge in [0.15, 0.2) is 0 Å². The van der Waals surface area contributed by atoms with Crippen LogP contribution in [0.3, 0.4) is 0 Å². The quantitative estimate of drug-likeness (QED) is 0.595. The molecule has 4 N–H and O–H groups in total. The van der Waals surface area contributed by atoms with Crippen molar-refractivity contribution >= 4 is 5.91 Å². The van der Waals surface area contributed by atoms with E-state index in [1.807, 2.05) is 0 Å². The van der Waals surface area contributed by atoms with Gasteiger partial charge >= 0.3 is 0 Å². The van der Waals surface area contributed by atoms with E-state index in [0.717, 1.165) is 25.7 Å². The third kappa shape index (κ3) is 4.79. The Bertz CT molecular complexity index is 115. The van der Waals surface area contributed by atoms with E-state index >= 15 is 0 Å². The van der Waals surface area contributed by atoms with Gasteiger partial charge in [0.05, 0.1) is 0 Å².